The highest BCUT2D eigenvalue weighted by atomic mass is 16.3. The second-order valence-electron chi connectivity index (χ2n) is 3.67. The largest absolute Gasteiger partial charge is 0.394 e. The van der Waals surface area contributed by atoms with Gasteiger partial charge >= 0.3 is 0 Å². The lowest BCUT2D eigenvalue weighted by molar-refractivity contribution is 0.281. The zero-order valence-corrected chi connectivity index (χ0v) is 8.81. The number of pyridine rings is 1. The van der Waals surface area contributed by atoms with E-state index >= 15 is 0 Å². The zero-order chi connectivity index (χ0) is 10.8. The summed E-state index contributed by atoms with van der Waals surface area (Å²) in [6, 6.07) is 3.89. The maximum absolute atomic E-state index is 8.89. The van der Waals surface area contributed by atoms with E-state index in [-0.39, 0.29) is 12.6 Å². The Morgan fingerprint density at radius 1 is 1.60 bits per heavy atom. The smallest absolute Gasteiger partial charge is 0.243 e. The van der Waals surface area contributed by atoms with Crippen LogP contribution in [0.2, 0.25) is 0 Å². The summed E-state index contributed by atoms with van der Waals surface area (Å²) < 4.78 is 1.71. The van der Waals surface area contributed by atoms with Crippen molar-refractivity contribution in [3.05, 3.63) is 23.9 Å². The number of aromatic nitrogens is 3. The number of aliphatic hydroxyl groups is 1. The van der Waals surface area contributed by atoms with Gasteiger partial charge in [-0.3, -0.25) is 0 Å². The minimum Gasteiger partial charge on any atom is -0.394 e. The fourth-order valence-corrected chi connectivity index (χ4v) is 1.31. The second-order valence-corrected chi connectivity index (χ2v) is 3.67. The van der Waals surface area contributed by atoms with Gasteiger partial charge in [0, 0.05) is 12.2 Å². The first kappa shape index (κ1) is 9.92. The molecule has 0 saturated carbocycles. The first-order valence-electron chi connectivity index (χ1n) is 4.89. The number of nitrogens with zero attached hydrogens (tertiary/aromatic N) is 3. The molecule has 5 heteroatoms. The summed E-state index contributed by atoms with van der Waals surface area (Å²) in [6.07, 6.45) is 1.87. The third-order valence-corrected chi connectivity index (χ3v) is 2.14. The van der Waals surface area contributed by atoms with Crippen molar-refractivity contribution in [3.8, 4) is 0 Å². The monoisotopic (exact) mass is 206 g/mol. The van der Waals surface area contributed by atoms with E-state index in [9.17, 15) is 0 Å². The number of rotatable bonds is 3. The first-order chi connectivity index (χ1) is 7.19. The van der Waals surface area contributed by atoms with Gasteiger partial charge in [-0.05, 0) is 31.5 Å². The number of nitrogens with one attached hydrogen (secondary N) is 1. The van der Waals surface area contributed by atoms with Crippen molar-refractivity contribution in [1.29, 1.82) is 0 Å². The SMILES string of the molecule is Cc1ccn2nc(NC(C)CO)nc2c1. The number of fused-ring (bicyclic) bond motifs is 1. The van der Waals surface area contributed by atoms with Crippen molar-refractivity contribution in [2.75, 3.05) is 11.9 Å². The molecule has 0 fully saturated rings. The van der Waals surface area contributed by atoms with Crippen LogP contribution >= 0.6 is 0 Å². The number of hydrogen-bond acceptors (Lipinski definition) is 4. The fraction of sp³-hybridized carbons (Fsp3) is 0.400. The van der Waals surface area contributed by atoms with Crippen LogP contribution in [0.4, 0.5) is 5.95 Å². The van der Waals surface area contributed by atoms with Gasteiger partial charge in [0.15, 0.2) is 5.65 Å². The minimum absolute atomic E-state index is 0.0384. The number of hydrogen-bond donors (Lipinski definition) is 2. The Kier molecular flexibility index (Phi) is 2.55. The molecule has 1 atom stereocenters. The van der Waals surface area contributed by atoms with E-state index in [1.54, 1.807) is 4.52 Å². The molecule has 2 N–H and O–H groups in total. The summed E-state index contributed by atoms with van der Waals surface area (Å²) in [4.78, 5) is 4.29. The van der Waals surface area contributed by atoms with Crippen molar-refractivity contribution in [2.24, 2.45) is 0 Å². The molecular formula is C10H14N4O. The van der Waals surface area contributed by atoms with E-state index in [1.165, 1.54) is 0 Å². The summed E-state index contributed by atoms with van der Waals surface area (Å²) in [5, 5.41) is 16.1. The van der Waals surface area contributed by atoms with Gasteiger partial charge in [-0.1, -0.05) is 0 Å². The third kappa shape index (κ3) is 2.07. The zero-order valence-electron chi connectivity index (χ0n) is 8.81. The number of anilines is 1. The predicted octanol–water partition coefficient (Wildman–Crippen LogP) is 0.830. The maximum atomic E-state index is 8.89. The molecule has 80 valence electrons. The van der Waals surface area contributed by atoms with E-state index in [0.717, 1.165) is 11.2 Å². The van der Waals surface area contributed by atoms with Crippen molar-refractivity contribution in [1.82, 2.24) is 14.6 Å². The Balaban J connectivity index is 2.30. The Hall–Kier alpha value is -1.62. The lowest BCUT2D eigenvalue weighted by Gasteiger charge is -2.06. The van der Waals surface area contributed by atoms with E-state index < -0.39 is 0 Å². The third-order valence-electron chi connectivity index (χ3n) is 2.14. The van der Waals surface area contributed by atoms with Gasteiger partial charge in [-0.2, -0.15) is 4.98 Å². The molecule has 0 aromatic carbocycles. The molecule has 0 amide bonds. The van der Waals surface area contributed by atoms with Crippen LogP contribution in [0, 0.1) is 6.92 Å². The van der Waals surface area contributed by atoms with E-state index in [4.69, 9.17) is 5.11 Å². The average Bonchev–Trinajstić information content (AvgIpc) is 2.59. The van der Waals surface area contributed by atoms with Gasteiger partial charge in [0.2, 0.25) is 5.95 Å². The standard InChI is InChI=1S/C10H14N4O/c1-7-3-4-14-9(5-7)12-10(13-14)11-8(2)6-15/h3-5,8,15H,6H2,1-2H3,(H,11,13). The molecule has 2 aromatic rings. The molecule has 2 aromatic heterocycles. The molecular weight excluding hydrogens is 192 g/mol. The quantitative estimate of drug-likeness (QED) is 0.780. The Morgan fingerprint density at radius 2 is 2.40 bits per heavy atom. The molecule has 1 unspecified atom stereocenters. The highest BCUT2D eigenvalue weighted by molar-refractivity contribution is 5.45. The Bertz CT molecular complexity index is 465. The molecule has 0 aliphatic carbocycles. The second kappa shape index (κ2) is 3.86. The average molecular weight is 206 g/mol. The van der Waals surface area contributed by atoms with E-state index in [2.05, 4.69) is 15.4 Å². The molecule has 2 heterocycles. The lowest BCUT2D eigenvalue weighted by Crippen LogP contribution is -2.20. The summed E-state index contributed by atoms with van der Waals surface area (Å²) in [5.74, 6) is 0.544. The van der Waals surface area contributed by atoms with Crippen LogP contribution < -0.4 is 5.32 Å². The topological polar surface area (TPSA) is 62.5 Å². The van der Waals surface area contributed by atoms with Crippen LogP contribution in [-0.4, -0.2) is 32.4 Å². The fourth-order valence-electron chi connectivity index (χ4n) is 1.31. The summed E-state index contributed by atoms with van der Waals surface area (Å²) in [7, 11) is 0. The van der Waals surface area contributed by atoms with Gasteiger partial charge in [-0.15, -0.1) is 5.10 Å². The van der Waals surface area contributed by atoms with Crippen molar-refractivity contribution in [3.63, 3.8) is 0 Å². The Morgan fingerprint density at radius 3 is 3.13 bits per heavy atom. The van der Waals surface area contributed by atoms with Crippen LogP contribution in [0.25, 0.3) is 5.65 Å². The predicted molar refractivity (Wildman–Crippen MR) is 57.9 cm³/mol. The van der Waals surface area contributed by atoms with Crippen LogP contribution in [0.5, 0.6) is 0 Å². The molecule has 0 spiro atoms. The Labute approximate surface area is 87.8 Å². The van der Waals surface area contributed by atoms with Crippen molar-refractivity contribution >= 4 is 11.6 Å². The van der Waals surface area contributed by atoms with Crippen molar-refractivity contribution < 1.29 is 5.11 Å². The van der Waals surface area contributed by atoms with Crippen LogP contribution in [-0.2, 0) is 0 Å². The molecule has 0 aliphatic heterocycles. The number of aliphatic hydroxyl groups excluding tert-OH is 1. The van der Waals surface area contributed by atoms with E-state index in [1.807, 2.05) is 32.2 Å². The normalized spacial score (nSPS) is 13.0. The van der Waals surface area contributed by atoms with Gasteiger partial charge in [-0.25, -0.2) is 4.52 Å². The maximum Gasteiger partial charge on any atom is 0.243 e. The molecule has 0 radical (unpaired) electrons. The molecule has 15 heavy (non-hydrogen) atoms. The summed E-state index contributed by atoms with van der Waals surface area (Å²) >= 11 is 0. The van der Waals surface area contributed by atoms with Crippen LogP contribution in [0.3, 0.4) is 0 Å². The first-order valence-corrected chi connectivity index (χ1v) is 4.89. The number of aryl methyl sites for hydroxylation is 1. The summed E-state index contributed by atoms with van der Waals surface area (Å²) in [6.45, 7) is 3.95. The summed E-state index contributed by atoms with van der Waals surface area (Å²) in [5.41, 5.74) is 1.96. The van der Waals surface area contributed by atoms with Gasteiger partial charge in [0.25, 0.3) is 0 Å². The highest BCUT2D eigenvalue weighted by Gasteiger charge is 2.05. The van der Waals surface area contributed by atoms with E-state index in [0.29, 0.717) is 5.95 Å². The molecule has 0 aliphatic rings. The van der Waals surface area contributed by atoms with Gasteiger partial charge in [0.1, 0.15) is 0 Å². The molecule has 0 bridgehead atoms. The highest BCUT2D eigenvalue weighted by Crippen LogP contribution is 2.08. The lowest BCUT2D eigenvalue weighted by atomic mass is 10.3. The molecule has 2 rings (SSSR count). The van der Waals surface area contributed by atoms with Crippen LogP contribution in [0.1, 0.15) is 12.5 Å². The van der Waals surface area contributed by atoms with Gasteiger partial charge < -0.3 is 10.4 Å². The molecule has 0 saturated heterocycles. The molecule has 5 nitrogen and oxygen atoms in total. The minimum atomic E-state index is -0.0384. The van der Waals surface area contributed by atoms with Crippen LogP contribution in [0.15, 0.2) is 18.3 Å². The van der Waals surface area contributed by atoms with Crippen molar-refractivity contribution in [2.45, 2.75) is 19.9 Å². The van der Waals surface area contributed by atoms with Gasteiger partial charge in [0.05, 0.1) is 6.61 Å².